The summed E-state index contributed by atoms with van der Waals surface area (Å²) < 4.78 is 5.20. The summed E-state index contributed by atoms with van der Waals surface area (Å²) in [4.78, 5) is 0. The molecule has 0 aliphatic heterocycles. The van der Waals surface area contributed by atoms with Gasteiger partial charge in [0.15, 0.2) is 0 Å². The second kappa shape index (κ2) is 4.67. The van der Waals surface area contributed by atoms with Crippen LogP contribution in [-0.2, 0) is 13.0 Å². The van der Waals surface area contributed by atoms with Gasteiger partial charge >= 0.3 is 0 Å². The number of methoxy groups -OCH3 is 1. The van der Waals surface area contributed by atoms with Crippen molar-refractivity contribution in [2.24, 2.45) is 5.41 Å². The van der Waals surface area contributed by atoms with Gasteiger partial charge in [0, 0.05) is 0 Å². The Hall–Kier alpha value is -1.02. The normalized spacial score (nSPS) is 11.5. The molecule has 0 saturated heterocycles. The van der Waals surface area contributed by atoms with Crippen molar-refractivity contribution >= 4 is 0 Å². The lowest BCUT2D eigenvalue weighted by Crippen LogP contribution is -2.09. The summed E-state index contributed by atoms with van der Waals surface area (Å²) in [7, 11) is 1.65. The van der Waals surface area contributed by atoms with Crippen molar-refractivity contribution in [2.45, 2.75) is 33.8 Å². The van der Waals surface area contributed by atoms with E-state index in [9.17, 15) is 0 Å². The quantitative estimate of drug-likeness (QED) is 0.827. The highest BCUT2D eigenvalue weighted by Gasteiger charge is 2.12. The van der Waals surface area contributed by atoms with Crippen molar-refractivity contribution in [1.29, 1.82) is 0 Å². The van der Waals surface area contributed by atoms with E-state index in [1.54, 1.807) is 7.11 Å². The van der Waals surface area contributed by atoms with Gasteiger partial charge in [0.2, 0.25) is 0 Å². The van der Waals surface area contributed by atoms with Crippen LogP contribution in [0.1, 0.15) is 31.9 Å². The van der Waals surface area contributed by atoms with Crippen LogP contribution in [0.4, 0.5) is 0 Å². The van der Waals surface area contributed by atoms with Crippen LogP contribution in [0.25, 0.3) is 0 Å². The van der Waals surface area contributed by atoms with E-state index in [2.05, 4.69) is 20.8 Å². The van der Waals surface area contributed by atoms with Gasteiger partial charge in [-0.05, 0) is 35.1 Å². The first kappa shape index (κ1) is 12.1. The van der Waals surface area contributed by atoms with Gasteiger partial charge in [0.1, 0.15) is 5.75 Å². The van der Waals surface area contributed by atoms with Crippen LogP contribution in [0.15, 0.2) is 18.2 Å². The molecule has 1 aromatic carbocycles. The third-order valence-electron chi connectivity index (χ3n) is 2.18. The minimum absolute atomic E-state index is 0.0638. The molecular weight excluding hydrogens is 188 g/mol. The standard InChI is InChI=1S/C13H20O2/c1-13(2,3)8-10-5-11(9-14)7-12(6-10)15-4/h5-7,14H,8-9H2,1-4H3. The number of benzene rings is 1. The fourth-order valence-electron chi connectivity index (χ4n) is 1.65. The van der Waals surface area contributed by atoms with Gasteiger partial charge in [-0.15, -0.1) is 0 Å². The lowest BCUT2D eigenvalue weighted by molar-refractivity contribution is 0.280. The van der Waals surface area contributed by atoms with Gasteiger partial charge in [0.25, 0.3) is 0 Å². The molecule has 0 aliphatic rings. The van der Waals surface area contributed by atoms with Crippen molar-refractivity contribution in [3.05, 3.63) is 29.3 Å². The van der Waals surface area contributed by atoms with Crippen LogP contribution >= 0.6 is 0 Å². The Kier molecular flexibility index (Phi) is 3.75. The van der Waals surface area contributed by atoms with Crippen molar-refractivity contribution < 1.29 is 9.84 Å². The SMILES string of the molecule is COc1cc(CO)cc(CC(C)(C)C)c1. The molecule has 2 nitrogen and oxygen atoms in total. The first-order valence-electron chi connectivity index (χ1n) is 5.22. The van der Waals surface area contributed by atoms with Crippen molar-refractivity contribution in [1.82, 2.24) is 0 Å². The summed E-state index contributed by atoms with van der Waals surface area (Å²) in [6.45, 7) is 6.66. The topological polar surface area (TPSA) is 29.5 Å². The molecule has 0 unspecified atom stereocenters. The maximum Gasteiger partial charge on any atom is 0.119 e. The Balaban J connectivity index is 2.97. The zero-order chi connectivity index (χ0) is 11.5. The van der Waals surface area contributed by atoms with E-state index in [1.165, 1.54) is 5.56 Å². The first-order chi connectivity index (χ1) is 6.94. The molecule has 1 N–H and O–H groups in total. The predicted octanol–water partition coefficient (Wildman–Crippen LogP) is 2.78. The Morgan fingerprint density at radius 2 is 1.73 bits per heavy atom. The maximum absolute atomic E-state index is 9.12. The number of aliphatic hydroxyl groups is 1. The summed E-state index contributed by atoms with van der Waals surface area (Å²) in [6, 6.07) is 5.93. The average Bonchev–Trinajstić information content (AvgIpc) is 2.14. The third kappa shape index (κ3) is 3.92. The molecule has 84 valence electrons. The lowest BCUT2D eigenvalue weighted by Gasteiger charge is -2.19. The highest BCUT2D eigenvalue weighted by atomic mass is 16.5. The minimum atomic E-state index is 0.0638. The fraction of sp³-hybridized carbons (Fsp3) is 0.538. The van der Waals surface area contributed by atoms with Crippen LogP contribution in [0.2, 0.25) is 0 Å². The molecule has 0 radical (unpaired) electrons. The molecule has 1 aromatic rings. The Bertz CT molecular complexity index is 302. The number of rotatable bonds is 3. The molecule has 15 heavy (non-hydrogen) atoms. The predicted molar refractivity (Wildman–Crippen MR) is 62.1 cm³/mol. The van der Waals surface area contributed by atoms with Crippen LogP contribution in [0, 0.1) is 5.41 Å². The highest BCUT2D eigenvalue weighted by Crippen LogP contribution is 2.24. The number of hydrogen-bond acceptors (Lipinski definition) is 2. The molecule has 0 spiro atoms. The molecule has 2 heteroatoms. The van der Waals surface area contributed by atoms with Crippen molar-refractivity contribution in [3.63, 3.8) is 0 Å². The van der Waals surface area contributed by atoms with Gasteiger partial charge in [-0.2, -0.15) is 0 Å². The molecule has 0 bridgehead atoms. The van der Waals surface area contributed by atoms with Crippen molar-refractivity contribution in [3.8, 4) is 5.75 Å². The first-order valence-corrected chi connectivity index (χ1v) is 5.22. The molecule has 0 heterocycles. The fourth-order valence-corrected chi connectivity index (χ4v) is 1.65. The Labute approximate surface area is 91.9 Å². The average molecular weight is 208 g/mol. The van der Waals surface area contributed by atoms with E-state index in [0.29, 0.717) is 0 Å². The Morgan fingerprint density at radius 1 is 1.13 bits per heavy atom. The summed E-state index contributed by atoms with van der Waals surface area (Å²) in [5.74, 6) is 0.820. The summed E-state index contributed by atoms with van der Waals surface area (Å²) in [5, 5.41) is 9.12. The van der Waals surface area contributed by atoms with Gasteiger partial charge < -0.3 is 9.84 Å². The highest BCUT2D eigenvalue weighted by molar-refractivity contribution is 5.34. The van der Waals surface area contributed by atoms with E-state index in [1.807, 2.05) is 18.2 Å². The van der Waals surface area contributed by atoms with Gasteiger partial charge in [-0.25, -0.2) is 0 Å². The molecule has 0 amide bonds. The summed E-state index contributed by atoms with van der Waals surface area (Å²) in [5.41, 5.74) is 2.37. The zero-order valence-electron chi connectivity index (χ0n) is 10.0. The van der Waals surface area contributed by atoms with Crippen LogP contribution in [0.5, 0.6) is 5.75 Å². The van der Waals surface area contributed by atoms with Gasteiger partial charge in [-0.1, -0.05) is 26.8 Å². The van der Waals surface area contributed by atoms with Crippen LogP contribution in [0.3, 0.4) is 0 Å². The third-order valence-corrected chi connectivity index (χ3v) is 2.18. The maximum atomic E-state index is 9.12. The summed E-state index contributed by atoms with van der Waals surface area (Å²) >= 11 is 0. The van der Waals surface area contributed by atoms with Gasteiger partial charge in [-0.3, -0.25) is 0 Å². The largest absolute Gasteiger partial charge is 0.497 e. The minimum Gasteiger partial charge on any atom is -0.497 e. The van der Waals surface area contributed by atoms with E-state index in [0.717, 1.165) is 17.7 Å². The zero-order valence-corrected chi connectivity index (χ0v) is 10.0. The van der Waals surface area contributed by atoms with E-state index < -0.39 is 0 Å². The van der Waals surface area contributed by atoms with Gasteiger partial charge in [0.05, 0.1) is 13.7 Å². The molecule has 0 aliphatic carbocycles. The molecule has 0 saturated carbocycles. The second-order valence-electron chi connectivity index (χ2n) is 5.08. The lowest BCUT2D eigenvalue weighted by atomic mass is 9.87. The van der Waals surface area contributed by atoms with Crippen LogP contribution in [-0.4, -0.2) is 12.2 Å². The van der Waals surface area contributed by atoms with Crippen molar-refractivity contribution in [2.75, 3.05) is 7.11 Å². The molecule has 1 rings (SSSR count). The second-order valence-corrected chi connectivity index (χ2v) is 5.08. The summed E-state index contributed by atoms with van der Waals surface area (Å²) in [6.07, 6.45) is 0.983. The molecule has 0 atom stereocenters. The molecule has 0 aromatic heterocycles. The number of aliphatic hydroxyl groups excluding tert-OH is 1. The smallest absolute Gasteiger partial charge is 0.119 e. The van der Waals surface area contributed by atoms with E-state index in [-0.39, 0.29) is 12.0 Å². The van der Waals surface area contributed by atoms with E-state index >= 15 is 0 Å². The van der Waals surface area contributed by atoms with Crippen LogP contribution < -0.4 is 4.74 Å². The molecule has 0 fully saturated rings. The Morgan fingerprint density at radius 3 is 2.20 bits per heavy atom. The number of hydrogen-bond donors (Lipinski definition) is 1. The van der Waals surface area contributed by atoms with E-state index in [4.69, 9.17) is 9.84 Å². The number of ether oxygens (including phenoxy) is 1. The molecular formula is C13H20O2. The monoisotopic (exact) mass is 208 g/mol.